The number of piperidine rings is 1. The van der Waals surface area contributed by atoms with Crippen LogP contribution >= 0.6 is 0 Å². The number of fused-ring (bicyclic) bond motifs is 1. The van der Waals surface area contributed by atoms with Gasteiger partial charge in [-0.15, -0.1) is 0 Å². The van der Waals surface area contributed by atoms with E-state index in [4.69, 9.17) is 0 Å². The highest BCUT2D eigenvalue weighted by atomic mass is 32.2. The highest BCUT2D eigenvalue weighted by Gasteiger charge is 2.19. The van der Waals surface area contributed by atoms with Crippen molar-refractivity contribution in [2.45, 2.75) is 31.1 Å². The van der Waals surface area contributed by atoms with Crippen LogP contribution in [0.5, 0.6) is 0 Å². The van der Waals surface area contributed by atoms with Gasteiger partial charge in [0.25, 0.3) is 0 Å². The molecule has 2 aromatic rings. The molecule has 3 rings (SSSR count). The minimum atomic E-state index is -3.51. The molecule has 0 radical (unpaired) electrons. The van der Waals surface area contributed by atoms with Crippen LogP contribution in [0.4, 0.5) is 0 Å². The monoisotopic (exact) mass is 333 g/mol. The third kappa shape index (κ3) is 3.71. The number of nitrogens with one attached hydrogen (secondary N) is 2. The molecule has 5 nitrogen and oxygen atoms in total. The summed E-state index contributed by atoms with van der Waals surface area (Å²) in [6.07, 6.45) is 4.90. The van der Waals surface area contributed by atoms with Crippen LogP contribution in [-0.4, -0.2) is 33.0 Å². The van der Waals surface area contributed by atoms with Crippen molar-refractivity contribution in [1.82, 2.24) is 15.0 Å². The number of sulfonamides is 1. The summed E-state index contributed by atoms with van der Waals surface area (Å²) in [5, 5.41) is 4.04. The molecule has 0 amide bonds. The Labute approximate surface area is 137 Å². The zero-order valence-electron chi connectivity index (χ0n) is 13.4. The van der Waals surface area contributed by atoms with Crippen molar-refractivity contribution in [2.75, 3.05) is 19.6 Å². The minimum Gasteiger partial charge on any atom is -0.316 e. The quantitative estimate of drug-likeness (QED) is 0.880. The van der Waals surface area contributed by atoms with Crippen LogP contribution in [0.2, 0.25) is 0 Å². The smallest absolute Gasteiger partial charge is 0.241 e. The van der Waals surface area contributed by atoms with Gasteiger partial charge in [-0.05, 0) is 69.0 Å². The summed E-state index contributed by atoms with van der Waals surface area (Å²) in [4.78, 5) is 4.62. The van der Waals surface area contributed by atoms with E-state index in [1.165, 1.54) is 12.8 Å². The van der Waals surface area contributed by atoms with E-state index in [0.29, 0.717) is 22.7 Å². The molecule has 2 heterocycles. The molecule has 0 spiro atoms. The van der Waals surface area contributed by atoms with Gasteiger partial charge in [-0.25, -0.2) is 13.1 Å². The Bertz CT molecular complexity index is 784. The molecule has 23 heavy (non-hydrogen) atoms. The van der Waals surface area contributed by atoms with E-state index in [-0.39, 0.29) is 0 Å². The summed E-state index contributed by atoms with van der Waals surface area (Å²) in [6, 6.07) is 7.07. The molecule has 1 fully saturated rings. The predicted octanol–water partition coefficient (Wildman–Crippen LogP) is 2.21. The molecule has 1 aromatic heterocycles. The summed E-state index contributed by atoms with van der Waals surface area (Å²) in [5.74, 6) is 0.558. The summed E-state index contributed by atoms with van der Waals surface area (Å²) in [5.41, 5.74) is 1.72. The zero-order chi connectivity index (χ0) is 16.3. The van der Waals surface area contributed by atoms with Crippen molar-refractivity contribution in [3.63, 3.8) is 0 Å². The fourth-order valence-corrected chi connectivity index (χ4v) is 4.41. The van der Waals surface area contributed by atoms with Gasteiger partial charge in [0.1, 0.15) is 0 Å². The first-order chi connectivity index (χ1) is 11.1. The first-order valence-corrected chi connectivity index (χ1v) is 9.61. The number of pyridine rings is 1. The van der Waals surface area contributed by atoms with Crippen LogP contribution in [0.1, 0.15) is 24.8 Å². The lowest BCUT2D eigenvalue weighted by atomic mass is 9.96. The van der Waals surface area contributed by atoms with Crippen molar-refractivity contribution in [3.05, 3.63) is 36.0 Å². The SMILES string of the molecule is Cc1ccc(S(=O)(=O)NCCC2CCCNC2)c2cccnc12. The number of nitrogens with zero attached hydrogens (tertiary/aromatic N) is 1. The lowest BCUT2D eigenvalue weighted by Gasteiger charge is -2.22. The number of benzene rings is 1. The molecule has 1 aliphatic heterocycles. The average molecular weight is 333 g/mol. The van der Waals surface area contributed by atoms with Crippen LogP contribution in [0.3, 0.4) is 0 Å². The van der Waals surface area contributed by atoms with Gasteiger partial charge in [-0.1, -0.05) is 6.07 Å². The fraction of sp³-hybridized carbons (Fsp3) is 0.471. The number of aryl methyl sites for hydroxylation is 1. The average Bonchev–Trinajstić information content (AvgIpc) is 2.56. The molecule has 1 aromatic carbocycles. The van der Waals surface area contributed by atoms with Crippen molar-refractivity contribution in [1.29, 1.82) is 0 Å². The molecule has 1 unspecified atom stereocenters. The number of aromatic nitrogens is 1. The minimum absolute atomic E-state index is 0.313. The number of hydrogen-bond acceptors (Lipinski definition) is 4. The van der Waals surface area contributed by atoms with E-state index < -0.39 is 10.0 Å². The molecular weight excluding hydrogens is 310 g/mol. The van der Waals surface area contributed by atoms with Crippen LogP contribution in [-0.2, 0) is 10.0 Å². The Hall–Kier alpha value is -1.50. The lowest BCUT2D eigenvalue weighted by Crippen LogP contribution is -2.33. The highest BCUT2D eigenvalue weighted by Crippen LogP contribution is 2.24. The topological polar surface area (TPSA) is 71.1 Å². The van der Waals surface area contributed by atoms with E-state index in [1.807, 2.05) is 19.1 Å². The summed E-state index contributed by atoms with van der Waals surface area (Å²) in [6.45, 7) is 4.48. The van der Waals surface area contributed by atoms with Gasteiger partial charge in [0.2, 0.25) is 10.0 Å². The fourth-order valence-electron chi connectivity index (χ4n) is 3.17. The van der Waals surface area contributed by atoms with Crippen LogP contribution < -0.4 is 10.0 Å². The molecule has 124 valence electrons. The van der Waals surface area contributed by atoms with Gasteiger partial charge in [-0.2, -0.15) is 0 Å². The maximum absolute atomic E-state index is 12.6. The third-order valence-electron chi connectivity index (χ3n) is 4.46. The molecular formula is C17H23N3O2S. The lowest BCUT2D eigenvalue weighted by molar-refractivity contribution is 0.358. The molecule has 1 atom stereocenters. The predicted molar refractivity (Wildman–Crippen MR) is 91.9 cm³/mol. The van der Waals surface area contributed by atoms with Gasteiger partial charge in [0.15, 0.2) is 0 Å². The normalized spacial score (nSPS) is 19.1. The molecule has 6 heteroatoms. The van der Waals surface area contributed by atoms with Crippen molar-refractivity contribution in [2.24, 2.45) is 5.92 Å². The van der Waals surface area contributed by atoms with Gasteiger partial charge in [0.05, 0.1) is 10.4 Å². The molecule has 1 aliphatic rings. The number of rotatable bonds is 5. The van der Waals surface area contributed by atoms with Crippen LogP contribution in [0.15, 0.2) is 35.4 Å². The van der Waals surface area contributed by atoms with Gasteiger partial charge >= 0.3 is 0 Å². The zero-order valence-corrected chi connectivity index (χ0v) is 14.2. The van der Waals surface area contributed by atoms with Crippen LogP contribution in [0, 0.1) is 12.8 Å². The van der Waals surface area contributed by atoms with Crippen LogP contribution in [0.25, 0.3) is 10.9 Å². The first-order valence-electron chi connectivity index (χ1n) is 8.12. The highest BCUT2D eigenvalue weighted by molar-refractivity contribution is 7.89. The summed E-state index contributed by atoms with van der Waals surface area (Å²) < 4.78 is 28.0. The summed E-state index contributed by atoms with van der Waals surface area (Å²) in [7, 11) is -3.51. The van der Waals surface area contributed by atoms with Crippen molar-refractivity contribution < 1.29 is 8.42 Å². The Balaban J connectivity index is 1.76. The molecule has 0 bridgehead atoms. The largest absolute Gasteiger partial charge is 0.316 e. The molecule has 1 saturated heterocycles. The van der Waals surface area contributed by atoms with Gasteiger partial charge in [0, 0.05) is 18.1 Å². The molecule has 0 aliphatic carbocycles. The second kappa shape index (κ2) is 6.95. The van der Waals surface area contributed by atoms with Crippen molar-refractivity contribution in [3.8, 4) is 0 Å². The van der Waals surface area contributed by atoms with E-state index in [2.05, 4.69) is 15.0 Å². The van der Waals surface area contributed by atoms with Gasteiger partial charge < -0.3 is 5.32 Å². The Morgan fingerprint density at radius 3 is 3.00 bits per heavy atom. The first kappa shape index (κ1) is 16.4. The number of hydrogen-bond donors (Lipinski definition) is 2. The maximum atomic E-state index is 12.6. The van der Waals surface area contributed by atoms with Gasteiger partial charge in [-0.3, -0.25) is 4.98 Å². The van der Waals surface area contributed by atoms with E-state index in [0.717, 1.165) is 30.6 Å². The third-order valence-corrected chi connectivity index (χ3v) is 5.98. The Morgan fingerprint density at radius 1 is 1.35 bits per heavy atom. The Morgan fingerprint density at radius 2 is 2.22 bits per heavy atom. The second-order valence-corrected chi connectivity index (χ2v) is 7.91. The molecule has 2 N–H and O–H groups in total. The van der Waals surface area contributed by atoms with Crippen molar-refractivity contribution >= 4 is 20.9 Å². The van der Waals surface area contributed by atoms with E-state index in [1.54, 1.807) is 18.3 Å². The Kier molecular flexibility index (Phi) is 4.94. The van der Waals surface area contributed by atoms with E-state index in [9.17, 15) is 8.42 Å². The summed E-state index contributed by atoms with van der Waals surface area (Å²) >= 11 is 0. The standard InChI is InChI=1S/C17H23N3O2S/c1-13-6-7-16(15-5-3-10-19-17(13)15)23(21,22)20-11-8-14-4-2-9-18-12-14/h3,5-7,10,14,18,20H,2,4,8-9,11-12H2,1H3. The maximum Gasteiger partial charge on any atom is 0.241 e. The second-order valence-electron chi connectivity index (χ2n) is 6.18. The molecule has 0 saturated carbocycles. The van der Waals surface area contributed by atoms with E-state index >= 15 is 0 Å².